The van der Waals surface area contributed by atoms with Crippen molar-refractivity contribution in [1.82, 2.24) is 15.3 Å². The van der Waals surface area contributed by atoms with E-state index < -0.39 is 23.4 Å². The molecule has 0 unspecified atom stereocenters. The number of fused-ring (bicyclic) bond motifs is 1. The van der Waals surface area contributed by atoms with Crippen molar-refractivity contribution in [2.24, 2.45) is 5.41 Å². The molecule has 7 nitrogen and oxygen atoms in total. The summed E-state index contributed by atoms with van der Waals surface area (Å²) in [5.74, 6) is -0.433. The topological polar surface area (TPSA) is 96.0 Å². The van der Waals surface area contributed by atoms with E-state index >= 15 is 0 Å². The molecule has 11 heteroatoms. The quantitative estimate of drug-likeness (QED) is 0.253. The number of rotatable bonds is 7. The zero-order valence-electron chi connectivity index (χ0n) is 20.7. The van der Waals surface area contributed by atoms with Crippen molar-refractivity contribution in [1.29, 1.82) is 0 Å². The standard InChI is InChI=1S/C28H23ClF3N5O2/c1-33-24-19-9-8-18(14-22(19)36-23(37-24)17-5-3-2-4-6-17)35-25(38)20-13-16(7-10-21(20)29)15-34-26(39)27(11-12-27)28(30,31)32/h2-10,13-14H,11-12,15H2,1H3,(H,34,39)(H,35,38)(H,33,36,37). The minimum atomic E-state index is -4.59. The summed E-state index contributed by atoms with van der Waals surface area (Å²) in [4.78, 5) is 34.5. The molecule has 200 valence electrons. The largest absolute Gasteiger partial charge is 0.403 e. The lowest BCUT2D eigenvalue weighted by atomic mass is 10.1. The van der Waals surface area contributed by atoms with Crippen LogP contribution >= 0.6 is 11.6 Å². The Labute approximate surface area is 226 Å². The van der Waals surface area contributed by atoms with E-state index in [1.165, 1.54) is 12.1 Å². The second-order valence-corrected chi connectivity index (χ2v) is 9.68. The Morgan fingerprint density at radius 3 is 2.41 bits per heavy atom. The molecular weight excluding hydrogens is 531 g/mol. The first-order valence-electron chi connectivity index (χ1n) is 12.1. The molecule has 1 aliphatic carbocycles. The van der Waals surface area contributed by atoms with Gasteiger partial charge in [-0.3, -0.25) is 9.59 Å². The fourth-order valence-corrected chi connectivity index (χ4v) is 4.49. The molecule has 5 rings (SSSR count). The maximum atomic E-state index is 13.2. The van der Waals surface area contributed by atoms with Crippen LogP contribution in [0.1, 0.15) is 28.8 Å². The van der Waals surface area contributed by atoms with Crippen molar-refractivity contribution >= 4 is 45.8 Å². The molecule has 1 aromatic heterocycles. The molecule has 0 bridgehead atoms. The normalized spacial score (nSPS) is 14.1. The Morgan fingerprint density at radius 1 is 1.00 bits per heavy atom. The second-order valence-electron chi connectivity index (χ2n) is 9.27. The number of benzene rings is 3. The van der Waals surface area contributed by atoms with Crippen molar-refractivity contribution in [3.8, 4) is 11.4 Å². The van der Waals surface area contributed by atoms with Crippen LogP contribution in [0.4, 0.5) is 24.7 Å². The van der Waals surface area contributed by atoms with Crippen LogP contribution < -0.4 is 16.0 Å². The lowest BCUT2D eigenvalue weighted by Crippen LogP contribution is -2.40. The summed E-state index contributed by atoms with van der Waals surface area (Å²) in [7, 11) is 1.76. The van der Waals surface area contributed by atoms with Crippen LogP contribution in [-0.2, 0) is 11.3 Å². The van der Waals surface area contributed by atoms with E-state index in [4.69, 9.17) is 11.6 Å². The zero-order valence-corrected chi connectivity index (χ0v) is 21.5. The summed E-state index contributed by atoms with van der Waals surface area (Å²) in [6.45, 7) is -0.171. The van der Waals surface area contributed by atoms with E-state index in [2.05, 4.69) is 25.9 Å². The van der Waals surface area contributed by atoms with Gasteiger partial charge < -0.3 is 16.0 Å². The Hall–Kier alpha value is -4.18. The number of anilines is 2. The first-order valence-corrected chi connectivity index (χ1v) is 12.5. The predicted molar refractivity (Wildman–Crippen MR) is 143 cm³/mol. The molecular formula is C28H23ClF3N5O2. The first kappa shape index (κ1) is 26.4. The lowest BCUT2D eigenvalue weighted by Gasteiger charge is -2.18. The lowest BCUT2D eigenvalue weighted by molar-refractivity contribution is -0.192. The fourth-order valence-electron chi connectivity index (χ4n) is 4.28. The van der Waals surface area contributed by atoms with Gasteiger partial charge in [0.1, 0.15) is 11.2 Å². The van der Waals surface area contributed by atoms with Crippen LogP contribution in [0.25, 0.3) is 22.3 Å². The van der Waals surface area contributed by atoms with Crippen LogP contribution in [-0.4, -0.2) is 35.0 Å². The number of hydrogen-bond donors (Lipinski definition) is 3. The maximum absolute atomic E-state index is 13.2. The van der Waals surface area contributed by atoms with Gasteiger partial charge in [-0.15, -0.1) is 0 Å². The third kappa shape index (κ3) is 5.24. The number of carbonyl (C=O) groups excluding carboxylic acids is 2. The summed E-state index contributed by atoms with van der Waals surface area (Å²) in [6, 6.07) is 19.1. The molecule has 3 N–H and O–H groups in total. The van der Waals surface area contributed by atoms with Gasteiger partial charge in [0.25, 0.3) is 5.91 Å². The van der Waals surface area contributed by atoms with Crippen molar-refractivity contribution in [2.75, 3.05) is 17.7 Å². The summed E-state index contributed by atoms with van der Waals surface area (Å²) in [5.41, 5.74) is 0.142. The third-order valence-corrected chi connectivity index (χ3v) is 7.01. The van der Waals surface area contributed by atoms with Crippen LogP contribution in [0.15, 0.2) is 66.7 Å². The molecule has 0 saturated heterocycles. The molecule has 39 heavy (non-hydrogen) atoms. The average Bonchev–Trinajstić information content (AvgIpc) is 3.75. The number of nitrogens with one attached hydrogen (secondary N) is 3. The van der Waals surface area contributed by atoms with Crippen molar-refractivity contribution < 1.29 is 22.8 Å². The molecule has 4 aromatic rings. The molecule has 1 heterocycles. The van der Waals surface area contributed by atoms with Gasteiger partial charge >= 0.3 is 6.18 Å². The van der Waals surface area contributed by atoms with E-state index in [1.54, 1.807) is 31.3 Å². The van der Waals surface area contributed by atoms with Crippen molar-refractivity contribution in [3.05, 3.63) is 82.9 Å². The molecule has 0 aliphatic heterocycles. The van der Waals surface area contributed by atoms with Gasteiger partial charge in [0, 0.05) is 30.2 Å². The molecule has 1 aliphatic rings. The van der Waals surface area contributed by atoms with E-state index in [0.717, 1.165) is 10.9 Å². The Balaban J connectivity index is 1.35. The van der Waals surface area contributed by atoms with E-state index in [9.17, 15) is 22.8 Å². The van der Waals surface area contributed by atoms with E-state index in [-0.39, 0.29) is 30.0 Å². The number of carbonyl (C=O) groups is 2. The molecule has 0 radical (unpaired) electrons. The fraction of sp³-hybridized carbons (Fsp3) is 0.214. The minimum absolute atomic E-state index is 0.115. The third-order valence-electron chi connectivity index (χ3n) is 6.68. The highest BCUT2D eigenvalue weighted by Gasteiger charge is 2.68. The molecule has 2 amide bonds. The summed E-state index contributed by atoms with van der Waals surface area (Å²) in [6.07, 6.45) is -5.05. The predicted octanol–water partition coefficient (Wildman–Crippen LogP) is 6.20. The maximum Gasteiger partial charge on any atom is 0.403 e. The molecule has 1 saturated carbocycles. The Morgan fingerprint density at radius 2 is 1.74 bits per heavy atom. The van der Waals surface area contributed by atoms with Crippen LogP contribution in [0.2, 0.25) is 5.02 Å². The van der Waals surface area contributed by atoms with Crippen LogP contribution in [0, 0.1) is 5.41 Å². The first-order chi connectivity index (χ1) is 18.6. The monoisotopic (exact) mass is 553 g/mol. The smallest absolute Gasteiger partial charge is 0.373 e. The highest BCUT2D eigenvalue weighted by molar-refractivity contribution is 6.34. The van der Waals surface area contributed by atoms with Crippen LogP contribution in [0.5, 0.6) is 0 Å². The summed E-state index contributed by atoms with van der Waals surface area (Å²) < 4.78 is 39.6. The van der Waals surface area contributed by atoms with Gasteiger partial charge in [-0.25, -0.2) is 9.97 Å². The number of aromatic nitrogens is 2. The molecule has 3 aromatic carbocycles. The number of hydrogen-bond acceptors (Lipinski definition) is 5. The zero-order chi connectivity index (χ0) is 27.8. The van der Waals surface area contributed by atoms with Gasteiger partial charge in [-0.1, -0.05) is 48.0 Å². The average molecular weight is 554 g/mol. The number of nitrogens with zero attached hydrogens (tertiary/aromatic N) is 2. The molecule has 0 spiro atoms. The molecule has 0 atom stereocenters. The number of halogens is 4. The highest BCUT2D eigenvalue weighted by atomic mass is 35.5. The van der Waals surface area contributed by atoms with Crippen molar-refractivity contribution in [2.45, 2.75) is 25.6 Å². The van der Waals surface area contributed by atoms with Gasteiger partial charge in [-0.05, 0) is 48.7 Å². The van der Waals surface area contributed by atoms with Crippen LogP contribution in [0.3, 0.4) is 0 Å². The summed E-state index contributed by atoms with van der Waals surface area (Å²) >= 11 is 6.26. The SMILES string of the molecule is CNc1nc(-c2ccccc2)nc2cc(NC(=O)c3cc(CNC(=O)C4(C(F)(F)F)CC4)ccc3Cl)ccc12. The Kier molecular flexibility index (Phi) is 6.90. The Bertz CT molecular complexity index is 1570. The van der Waals surface area contributed by atoms with Gasteiger partial charge in [-0.2, -0.15) is 13.2 Å². The molecule has 1 fully saturated rings. The number of alkyl halides is 3. The highest BCUT2D eigenvalue weighted by Crippen LogP contribution is 2.57. The second kappa shape index (κ2) is 10.2. The summed E-state index contributed by atoms with van der Waals surface area (Å²) in [5, 5.41) is 9.12. The minimum Gasteiger partial charge on any atom is -0.373 e. The van der Waals surface area contributed by atoms with Gasteiger partial charge in [0.2, 0.25) is 5.91 Å². The van der Waals surface area contributed by atoms with E-state index in [0.29, 0.717) is 28.4 Å². The number of amides is 2. The van der Waals surface area contributed by atoms with E-state index in [1.807, 2.05) is 30.3 Å². The van der Waals surface area contributed by atoms with Gasteiger partial charge in [0.05, 0.1) is 16.1 Å². The van der Waals surface area contributed by atoms with Gasteiger partial charge in [0.15, 0.2) is 5.82 Å². The van der Waals surface area contributed by atoms with Crippen molar-refractivity contribution in [3.63, 3.8) is 0 Å².